The molecule has 0 amide bonds. The first-order valence-corrected chi connectivity index (χ1v) is 4.70. The highest BCUT2D eigenvalue weighted by atomic mass is 16.4. The summed E-state index contributed by atoms with van der Waals surface area (Å²) < 4.78 is 0. The number of carboxylic acids is 1. The quantitative estimate of drug-likeness (QED) is 0.472. The van der Waals surface area contributed by atoms with Gasteiger partial charge in [-0.1, -0.05) is 18.9 Å². The molecule has 0 aliphatic carbocycles. The first-order valence-electron chi connectivity index (χ1n) is 4.70. The van der Waals surface area contributed by atoms with Crippen molar-refractivity contribution in [3.05, 3.63) is 12.2 Å². The number of hydrogen-bond acceptors (Lipinski definition) is 2. The lowest BCUT2D eigenvalue weighted by atomic mass is 10.1. The molecule has 0 aliphatic heterocycles. The highest BCUT2D eigenvalue weighted by Gasteiger charge is 1.94. The van der Waals surface area contributed by atoms with Gasteiger partial charge in [0.05, 0.1) is 6.10 Å². The summed E-state index contributed by atoms with van der Waals surface area (Å²) in [5.41, 5.74) is 0. The van der Waals surface area contributed by atoms with Crippen molar-refractivity contribution < 1.29 is 15.0 Å². The third kappa shape index (κ3) is 11.2. The van der Waals surface area contributed by atoms with Crippen molar-refractivity contribution in [1.29, 1.82) is 0 Å². The summed E-state index contributed by atoms with van der Waals surface area (Å²) >= 11 is 0. The number of aliphatic hydroxyl groups excluding tert-OH is 1. The molecule has 0 aliphatic rings. The topological polar surface area (TPSA) is 57.5 Å². The maximum atomic E-state index is 10.1. The average Bonchev–Trinajstić information content (AvgIpc) is 2.01. The maximum absolute atomic E-state index is 10.1. The molecule has 0 heterocycles. The SMILES string of the molecule is C[C@@H](O)CCCCCC=CC(=O)O. The van der Waals surface area contributed by atoms with Gasteiger partial charge in [-0.2, -0.15) is 0 Å². The van der Waals surface area contributed by atoms with Crippen molar-refractivity contribution in [2.45, 2.75) is 45.1 Å². The Morgan fingerprint density at radius 3 is 2.62 bits per heavy atom. The molecule has 0 spiro atoms. The molecule has 0 saturated heterocycles. The van der Waals surface area contributed by atoms with Crippen LogP contribution in [0.15, 0.2) is 12.2 Å². The van der Waals surface area contributed by atoms with Gasteiger partial charge in [0, 0.05) is 6.08 Å². The molecule has 2 N–H and O–H groups in total. The summed E-state index contributed by atoms with van der Waals surface area (Å²) in [6.45, 7) is 1.78. The summed E-state index contributed by atoms with van der Waals surface area (Å²) in [4.78, 5) is 10.1. The molecule has 3 heteroatoms. The average molecular weight is 186 g/mol. The fourth-order valence-corrected chi connectivity index (χ4v) is 1.06. The van der Waals surface area contributed by atoms with Gasteiger partial charge in [-0.15, -0.1) is 0 Å². The van der Waals surface area contributed by atoms with Crippen molar-refractivity contribution in [1.82, 2.24) is 0 Å². The lowest BCUT2D eigenvalue weighted by Crippen LogP contribution is -1.97. The van der Waals surface area contributed by atoms with E-state index in [0.29, 0.717) is 0 Å². The number of aliphatic hydroxyl groups is 1. The minimum atomic E-state index is -0.885. The Bertz CT molecular complexity index is 162. The van der Waals surface area contributed by atoms with Crippen molar-refractivity contribution >= 4 is 5.97 Å². The zero-order chi connectivity index (χ0) is 10.1. The van der Waals surface area contributed by atoms with Crippen LogP contribution in [0, 0.1) is 0 Å². The van der Waals surface area contributed by atoms with Crippen LogP contribution >= 0.6 is 0 Å². The number of carbonyl (C=O) groups is 1. The second-order valence-corrected chi connectivity index (χ2v) is 3.23. The van der Waals surface area contributed by atoms with Gasteiger partial charge in [-0.3, -0.25) is 0 Å². The van der Waals surface area contributed by atoms with Gasteiger partial charge in [0.25, 0.3) is 0 Å². The summed E-state index contributed by atoms with van der Waals surface area (Å²) in [6, 6.07) is 0. The van der Waals surface area contributed by atoms with Crippen LogP contribution in [0.2, 0.25) is 0 Å². The van der Waals surface area contributed by atoms with Gasteiger partial charge in [0.1, 0.15) is 0 Å². The molecule has 0 unspecified atom stereocenters. The molecule has 0 saturated carbocycles. The van der Waals surface area contributed by atoms with Crippen molar-refractivity contribution in [3.8, 4) is 0 Å². The monoisotopic (exact) mass is 186 g/mol. The largest absolute Gasteiger partial charge is 0.478 e. The van der Waals surface area contributed by atoms with Crippen molar-refractivity contribution in [2.75, 3.05) is 0 Å². The molecule has 0 aromatic rings. The number of allylic oxidation sites excluding steroid dienone is 1. The van der Waals surface area contributed by atoms with E-state index in [1.54, 1.807) is 13.0 Å². The number of unbranched alkanes of at least 4 members (excludes halogenated alkanes) is 3. The molecule has 0 bridgehead atoms. The predicted molar refractivity (Wildman–Crippen MR) is 51.5 cm³/mol. The first-order chi connectivity index (χ1) is 6.13. The third-order valence-corrected chi connectivity index (χ3v) is 1.75. The highest BCUT2D eigenvalue weighted by Crippen LogP contribution is 2.05. The van der Waals surface area contributed by atoms with Crippen LogP contribution in [-0.4, -0.2) is 22.3 Å². The Balaban J connectivity index is 3.13. The summed E-state index contributed by atoms with van der Waals surface area (Å²) in [5.74, 6) is -0.885. The first kappa shape index (κ1) is 12.2. The van der Waals surface area contributed by atoms with E-state index in [-0.39, 0.29) is 6.10 Å². The van der Waals surface area contributed by atoms with Crippen LogP contribution in [0.5, 0.6) is 0 Å². The number of hydrogen-bond donors (Lipinski definition) is 2. The Kier molecular flexibility index (Phi) is 7.30. The zero-order valence-corrected chi connectivity index (χ0v) is 8.07. The lowest BCUT2D eigenvalue weighted by molar-refractivity contribution is -0.131. The summed E-state index contributed by atoms with van der Waals surface area (Å²) in [5, 5.41) is 17.2. The third-order valence-electron chi connectivity index (χ3n) is 1.75. The van der Waals surface area contributed by atoms with E-state index in [2.05, 4.69) is 0 Å². The fraction of sp³-hybridized carbons (Fsp3) is 0.700. The van der Waals surface area contributed by atoms with Crippen molar-refractivity contribution in [3.63, 3.8) is 0 Å². The second-order valence-electron chi connectivity index (χ2n) is 3.23. The predicted octanol–water partition coefficient (Wildman–Crippen LogP) is 1.96. The number of rotatable bonds is 7. The minimum Gasteiger partial charge on any atom is -0.478 e. The van der Waals surface area contributed by atoms with E-state index >= 15 is 0 Å². The molecule has 0 rings (SSSR count). The van der Waals surface area contributed by atoms with Gasteiger partial charge in [0.2, 0.25) is 0 Å². The van der Waals surface area contributed by atoms with Crippen LogP contribution < -0.4 is 0 Å². The molecule has 13 heavy (non-hydrogen) atoms. The fourth-order valence-electron chi connectivity index (χ4n) is 1.06. The zero-order valence-electron chi connectivity index (χ0n) is 8.07. The molecule has 1 atom stereocenters. The second kappa shape index (κ2) is 7.80. The summed E-state index contributed by atoms with van der Waals surface area (Å²) in [7, 11) is 0. The molecule has 0 aromatic carbocycles. The van der Waals surface area contributed by atoms with Crippen LogP contribution in [0.4, 0.5) is 0 Å². The van der Waals surface area contributed by atoms with Crippen molar-refractivity contribution in [2.24, 2.45) is 0 Å². The summed E-state index contributed by atoms with van der Waals surface area (Å²) in [6.07, 6.45) is 7.34. The smallest absolute Gasteiger partial charge is 0.327 e. The number of aliphatic carboxylic acids is 1. The molecule has 0 fully saturated rings. The Hall–Kier alpha value is -0.830. The molecular formula is C10H18O3. The Morgan fingerprint density at radius 2 is 2.08 bits per heavy atom. The van der Waals surface area contributed by atoms with E-state index < -0.39 is 5.97 Å². The van der Waals surface area contributed by atoms with Crippen LogP contribution in [0.25, 0.3) is 0 Å². The van der Waals surface area contributed by atoms with E-state index in [0.717, 1.165) is 32.1 Å². The van der Waals surface area contributed by atoms with Gasteiger partial charge in [-0.25, -0.2) is 4.79 Å². The van der Waals surface area contributed by atoms with Gasteiger partial charge < -0.3 is 10.2 Å². The van der Waals surface area contributed by atoms with Crippen LogP contribution in [-0.2, 0) is 4.79 Å². The molecule has 0 radical (unpaired) electrons. The Morgan fingerprint density at radius 1 is 1.38 bits per heavy atom. The molecule has 3 nitrogen and oxygen atoms in total. The van der Waals surface area contributed by atoms with E-state index in [9.17, 15) is 4.79 Å². The van der Waals surface area contributed by atoms with E-state index in [1.165, 1.54) is 6.08 Å². The standard InChI is InChI=1S/C10H18O3/c1-9(11)7-5-3-2-4-6-8-10(12)13/h6,8-9,11H,2-5,7H2,1H3,(H,12,13)/t9-/m1/s1. The molecule has 0 aromatic heterocycles. The van der Waals surface area contributed by atoms with E-state index in [4.69, 9.17) is 10.2 Å². The van der Waals surface area contributed by atoms with Gasteiger partial charge in [0.15, 0.2) is 0 Å². The highest BCUT2D eigenvalue weighted by molar-refractivity contribution is 5.79. The van der Waals surface area contributed by atoms with Gasteiger partial charge in [-0.05, 0) is 26.2 Å². The van der Waals surface area contributed by atoms with Crippen LogP contribution in [0.3, 0.4) is 0 Å². The Labute approximate surface area is 79.1 Å². The minimum absolute atomic E-state index is 0.213. The number of carboxylic acid groups (broad SMARTS) is 1. The normalized spacial score (nSPS) is 13.4. The maximum Gasteiger partial charge on any atom is 0.327 e. The lowest BCUT2D eigenvalue weighted by Gasteiger charge is -2.01. The molecule has 76 valence electrons. The van der Waals surface area contributed by atoms with E-state index in [1.807, 2.05) is 0 Å². The van der Waals surface area contributed by atoms with Gasteiger partial charge >= 0.3 is 5.97 Å². The molecular weight excluding hydrogens is 168 g/mol. The van der Waals surface area contributed by atoms with Crippen LogP contribution in [0.1, 0.15) is 39.0 Å².